The van der Waals surface area contributed by atoms with Gasteiger partial charge in [-0.15, -0.1) is 5.06 Å². The van der Waals surface area contributed by atoms with Crippen LogP contribution in [-0.2, 0) is 20.0 Å². The van der Waals surface area contributed by atoms with E-state index in [0.29, 0.717) is 21.9 Å². The lowest BCUT2D eigenvalue weighted by molar-refractivity contribution is -0.172. The van der Waals surface area contributed by atoms with Gasteiger partial charge in [-0.25, -0.2) is 4.79 Å². The fourth-order valence-electron chi connectivity index (χ4n) is 3.89. The number of aliphatic hydroxyl groups is 1. The molecule has 0 saturated carbocycles. The molecule has 7 nitrogen and oxygen atoms in total. The first-order valence-electron chi connectivity index (χ1n) is 11.5. The molecule has 1 aliphatic heterocycles. The standard InChI is InChI=1S/C26H23NO6.C2H6/c1-32-22-14-12-21(13-15-22)26(31,19-6-4-2-3-5-7-19)20-10-8-18(9-11-20)25(30)33-27-23(28)16-17-24(27)29;1-2/h2-15,19,31H,16-17H2,1H3;1-2H3. The molecule has 1 unspecified atom stereocenters. The van der Waals surface area contributed by atoms with Crippen molar-refractivity contribution < 1.29 is 29.1 Å². The molecular weight excluding hydrogens is 446 g/mol. The molecule has 35 heavy (non-hydrogen) atoms. The minimum absolute atomic E-state index is 0.0250. The van der Waals surface area contributed by atoms with Gasteiger partial charge in [-0.2, -0.15) is 0 Å². The highest BCUT2D eigenvalue weighted by molar-refractivity contribution is 6.02. The number of hydrogen-bond donors (Lipinski definition) is 1. The maximum absolute atomic E-state index is 12.5. The first-order chi connectivity index (χ1) is 16.9. The van der Waals surface area contributed by atoms with E-state index in [4.69, 9.17) is 9.57 Å². The number of ether oxygens (including phenoxy) is 1. The van der Waals surface area contributed by atoms with Gasteiger partial charge < -0.3 is 14.7 Å². The SMILES string of the molecule is CC.COc1ccc(C(O)(c2ccc(C(=O)ON3C(=O)CCC3=O)cc2)C2C=CC=CC=C2)cc1. The molecule has 1 heterocycles. The number of benzene rings is 2. The molecule has 2 amide bonds. The van der Waals surface area contributed by atoms with E-state index >= 15 is 0 Å². The molecule has 1 saturated heterocycles. The summed E-state index contributed by atoms with van der Waals surface area (Å²) in [6, 6.07) is 13.4. The number of imide groups is 1. The third kappa shape index (κ3) is 5.41. The third-order valence-corrected chi connectivity index (χ3v) is 5.72. The van der Waals surface area contributed by atoms with Crippen LogP contribution in [0.3, 0.4) is 0 Å². The number of carbonyl (C=O) groups is 3. The Morgan fingerprint density at radius 3 is 1.83 bits per heavy atom. The van der Waals surface area contributed by atoms with E-state index in [1.807, 2.05) is 50.3 Å². The largest absolute Gasteiger partial charge is 0.497 e. The lowest BCUT2D eigenvalue weighted by atomic mass is 9.75. The second-order valence-electron chi connectivity index (χ2n) is 7.71. The van der Waals surface area contributed by atoms with Gasteiger partial charge in [0.05, 0.1) is 12.7 Å². The molecule has 1 aliphatic carbocycles. The van der Waals surface area contributed by atoms with E-state index < -0.39 is 29.3 Å². The zero-order valence-corrected chi connectivity index (χ0v) is 20.0. The van der Waals surface area contributed by atoms with Gasteiger partial charge in [-0.1, -0.05) is 74.6 Å². The van der Waals surface area contributed by atoms with Crippen molar-refractivity contribution in [2.45, 2.75) is 32.3 Å². The Kier molecular flexibility index (Phi) is 8.39. The van der Waals surface area contributed by atoms with Crippen molar-refractivity contribution in [2.24, 2.45) is 5.92 Å². The normalized spacial score (nSPS) is 16.9. The second kappa shape index (κ2) is 11.4. The Hall–Kier alpha value is -3.97. The van der Waals surface area contributed by atoms with Crippen LogP contribution in [0.15, 0.2) is 85.0 Å². The Labute approximate surface area is 204 Å². The van der Waals surface area contributed by atoms with E-state index in [0.717, 1.165) is 0 Å². The molecule has 2 aromatic carbocycles. The van der Waals surface area contributed by atoms with Gasteiger partial charge in [0, 0.05) is 18.8 Å². The molecule has 4 rings (SSSR count). The van der Waals surface area contributed by atoms with Crippen LogP contribution < -0.4 is 4.74 Å². The van der Waals surface area contributed by atoms with Gasteiger partial charge >= 0.3 is 5.97 Å². The fraction of sp³-hybridized carbons (Fsp3) is 0.250. The summed E-state index contributed by atoms with van der Waals surface area (Å²) in [7, 11) is 1.57. The molecule has 1 fully saturated rings. The Morgan fingerprint density at radius 2 is 1.34 bits per heavy atom. The zero-order chi connectivity index (χ0) is 25.4. The molecule has 2 aliphatic rings. The number of allylic oxidation sites excluding steroid dienone is 4. The molecule has 182 valence electrons. The van der Waals surface area contributed by atoms with E-state index in [1.165, 1.54) is 12.1 Å². The lowest BCUT2D eigenvalue weighted by Gasteiger charge is -2.34. The molecular formula is C28H29NO6. The highest BCUT2D eigenvalue weighted by Crippen LogP contribution is 2.40. The van der Waals surface area contributed by atoms with Crippen molar-refractivity contribution in [3.8, 4) is 5.75 Å². The number of carbonyl (C=O) groups excluding carboxylic acids is 3. The quantitative estimate of drug-likeness (QED) is 0.620. The minimum atomic E-state index is -1.44. The summed E-state index contributed by atoms with van der Waals surface area (Å²) < 4.78 is 5.24. The van der Waals surface area contributed by atoms with Crippen molar-refractivity contribution in [1.82, 2.24) is 5.06 Å². The van der Waals surface area contributed by atoms with Gasteiger partial charge in [0.25, 0.3) is 11.8 Å². The Bertz CT molecular complexity index is 1110. The van der Waals surface area contributed by atoms with Crippen LogP contribution >= 0.6 is 0 Å². The number of methoxy groups -OCH3 is 1. The second-order valence-corrected chi connectivity index (χ2v) is 7.71. The number of nitrogens with zero attached hydrogens (tertiary/aromatic N) is 1. The highest BCUT2D eigenvalue weighted by atomic mass is 16.7. The van der Waals surface area contributed by atoms with Gasteiger partial charge in [-0.05, 0) is 35.4 Å². The predicted molar refractivity (Wildman–Crippen MR) is 131 cm³/mol. The van der Waals surface area contributed by atoms with Gasteiger partial charge in [0.2, 0.25) is 0 Å². The van der Waals surface area contributed by atoms with Crippen LogP contribution in [-0.4, -0.2) is 35.1 Å². The van der Waals surface area contributed by atoms with Gasteiger partial charge in [0.1, 0.15) is 11.4 Å². The molecule has 0 radical (unpaired) electrons. The van der Waals surface area contributed by atoms with Crippen LogP contribution in [0.1, 0.15) is 48.2 Å². The third-order valence-electron chi connectivity index (χ3n) is 5.72. The van der Waals surface area contributed by atoms with Crippen molar-refractivity contribution in [3.63, 3.8) is 0 Å². The van der Waals surface area contributed by atoms with Crippen LogP contribution in [0.5, 0.6) is 5.75 Å². The molecule has 1 atom stereocenters. The average molecular weight is 476 g/mol. The van der Waals surface area contributed by atoms with Crippen LogP contribution in [0.2, 0.25) is 0 Å². The maximum Gasteiger partial charge on any atom is 0.363 e. The van der Waals surface area contributed by atoms with Gasteiger partial charge in [0.15, 0.2) is 0 Å². The number of amides is 2. The van der Waals surface area contributed by atoms with Crippen LogP contribution in [0.25, 0.3) is 0 Å². The molecule has 1 N–H and O–H groups in total. The topological polar surface area (TPSA) is 93.1 Å². The molecule has 7 heteroatoms. The van der Waals surface area contributed by atoms with Gasteiger partial charge in [-0.3, -0.25) is 9.59 Å². The summed E-state index contributed by atoms with van der Waals surface area (Å²) >= 11 is 0. The molecule has 0 aromatic heterocycles. The number of rotatable bonds is 6. The van der Waals surface area contributed by atoms with Crippen molar-refractivity contribution in [2.75, 3.05) is 7.11 Å². The Morgan fingerprint density at radius 1 is 0.857 bits per heavy atom. The fourth-order valence-corrected chi connectivity index (χ4v) is 3.89. The zero-order valence-electron chi connectivity index (χ0n) is 20.0. The minimum Gasteiger partial charge on any atom is -0.497 e. The summed E-state index contributed by atoms with van der Waals surface area (Å²) in [6.45, 7) is 4.00. The average Bonchev–Trinajstić information content (AvgIpc) is 3.09. The van der Waals surface area contributed by atoms with E-state index in [-0.39, 0.29) is 18.4 Å². The summed E-state index contributed by atoms with van der Waals surface area (Å²) in [5.41, 5.74) is -0.0852. The predicted octanol–water partition coefficient (Wildman–Crippen LogP) is 4.48. The summed E-state index contributed by atoms with van der Waals surface area (Å²) in [6.07, 6.45) is 11.3. The highest BCUT2D eigenvalue weighted by Gasteiger charge is 2.38. The molecule has 2 aromatic rings. The lowest BCUT2D eigenvalue weighted by Crippen LogP contribution is -2.35. The monoisotopic (exact) mass is 475 g/mol. The number of hydrogen-bond acceptors (Lipinski definition) is 6. The van der Waals surface area contributed by atoms with Crippen molar-refractivity contribution >= 4 is 17.8 Å². The molecule has 0 spiro atoms. The van der Waals surface area contributed by atoms with E-state index in [2.05, 4.69) is 0 Å². The maximum atomic E-state index is 12.5. The van der Waals surface area contributed by atoms with Crippen LogP contribution in [0, 0.1) is 5.92 Å². The number of hydroxylamine groups is 2. The summed E-state index contributed by atoms with van der Waals surface area (Å²) in [5.74, 6) is -1.63. The van der Waals surface area contributed by atoms with Crippen molar-refractivity contribution in [3.05, 3.63) is 102 Å². The smallest absolute Gasteiger partial charge is 0.363 e. The van der Waals surface area contributed by atoms with Crippen molar-refractivity contribution in [1.29, 1.82) is 0 Å². The first-order valence-corrected chi connectivity index (χ1v) is 11.5. The van der Waals surface area contributed by atoms with E-state index in [1.54, 1.807) is 43.5 Å². The Balaban J connectivity index is 0.00000167. The van der Waals surface area contributed by atoms with Crippen LogP contribution in [0.4, 0.5) is 0 Å². The van der Waals surface area contributed by atoms with E-state index in [9.17, 15) is 19.5 Å². The summed E-state index contributed by atoms with van der Waals surface area (Å²) in [4.78, 5) is 40.9. The molecule has 0 bridgehead atoms. The first kappa shape index (κ1) is 25.6. The summed E-state index contributed by atoms with van der Waals surface area (Å²) in [5, 5.41) is 12.5.